The average Bonchev–Trinajstić information content (AvgIpc) is 3.24. The van der Waals surface area contributed by atoms with E-state index in [2.05, 4.69) is 5.10 Å². The molecule has 0 bridgehead atoms. The van der Waals surface area contributed by atoms with Gasteiger partial charge in [0.1, 0.15) is 5.57 Å². The SMILES string of the molecule is CCc1nn(-c2ccccc2)c([O-])c1C1=C([n+]2ccc(C)c(C)c2)C(=O)N(CC(C)C)C1=O. The summed E-state index contributed by atoms with van der Waals surface area (Å²) in [5, 5.41) is 18.1. The highest BCUT2D eigenvalue weighted by atomic mass is 16.3. The molecule has 1 aliphatic heterocycles. The standard InChI is InChI=1S/C26H28N4O3/c1-6-20-21(25(32)30(27-20)19-10-8-7-9-11-19)22-23(28-13-12-17(4)18(5)15-28)26(33)29(24(22)31)14-16(2)3/h7-13,15-16H,6,14H2,1-5H3. The molecule has 0 atom stereocenters. The second kappa shape index (κ2) is 8.65. The Labute approximate surface area is 193 Å². The van der Waals surface area contributed by atoms with Gasteiger partial charge in [-0.05, 0) is 49.8 Å². The van der Waals surface area contributed by atoms with Gasteiger partial charge in [0.25, 0.3) is 11.6 Å². The number of carbonyl (C=O) groups is 2. The van der Waals surface area contributed by atoms with E-state index in [0.29, 0.717) is 17.8 Å². The molecule has 0 N–H and O–H groups in total. The summed E-state index contributed by atoms with van der Waals surface area (Å²) >= 11 is 0. The van der Waals surface area contributed by atoms with Gasteiger partial charge in [-0.2, -0.15) is 9.67 Å². The Bertz CT molecular complexity index is 1270. The molecule has 2 aromatic heterocycles. The first-order valence-electron chi connectivity index (χ1n) is 11.2. The van der Waals surface area contributed by atoms with Crippen molar-refractivity contribution in [2.24, 2.45) is 5.92 Å². The number of carbonyl (C=O) groups excluding carboxylic acids is 2. The van der Waals surface area contributed by atoms with Crippen LogP contribution in [0.15, 0.2) is 48.8 Å². The quantitative estimate of drug-likeness (QED) is 0.432. The number of rotatable bonds is 6. The van der Waals surface area contributed by atoms with Crippen molar-refractivity contribution in [1.29, 1.82) is 0 Å². The number of amides is 2. The maximum Gasteiger partial charge on any atom is 0.326 e. The molecule has 2 amide bonds. The van der Waals surface area contributed by atoms with E-state index in [1.54, 1.807) is 22.9 Å². The van der Waals surface area contributed by atoms with Crippen molar-refractivity contribution in [2.45, 2.75) is 41.0 Å². The zero-order valence-corrected chi connectivity index (χ0v) is 19.6. The number of aryl methyl sites for hydroxylation is 3. The first-order valence-corrected chi connectivity index (χ1v) is 11.2. The van der Waals surface area contributed by atoms with Gasteiger partial charge in [0.15, 0.2) is 12.4 Å². The van der Waals surface area contributed by atoms with E-state index in [1.807, 2.05) is 65.1 Å². The van der Waals surface area contributed by atoms with Crippen LogP contribution in [-0.4, -0.2) is 33.0 Å². The maximum absolute atomic E-state index is 13.6. The molecule has 0 saturated carbocycles. The number of pyridine rings is 1. The Morgan fingerprint density at radius 1 is 1.03 bits per heavy atom. The zero-order valence-electron chi connectivity index (χ0n) is 19.6. The molecule has 0 radical (unpaired) electrons. The highest BCUT2D eigenvalue weighted by Gasteiger charge is 2.46. The Hall–Kier alpha value is -3.74. The molecular formula is C26H28N4O3. The third-order valence-electron chi connectivity index (χ3n) is 5.89. The summed E-state index contributed by atoms with van der Waals surface area (Å²) in [5.41, 5.74) is 3.67. The van der Waals surface area contributed by atoms with Crippen molar-refractivity contribution in [3.05, 3.63) is 71.2 Å². The van der Waals surface area contributed by atoms with E-state index in [4.69, 9.17) is 0 Å². The van der Waals surface area contributed by atoms with Gasteiger partial charge in [-0.3, -0.25) is 14.5 Å². The van der Waals surface area contributed by atoms with Crippen LogP contribution in [0, 0.1) is 19.8 Å². The zero-order chi connectivity index (χ0) is 23.9. The van der Waals surface area contributed by atoms with Crippen molar-refractivity contribution in [3.8, 4) is 11.6 Å². The second-order valence-electron chi connectivity index (χ2n) is 8.78. The molecule has 7 heteroatoms. The van der Waals surface area contributed by atoms with Crippen LogP contribution in [0.4, 0.5) is 0 Å². The molecule has 4 rings (SSSR count). The highest BCUT2D eigenvalue weighted by Crippen LogP contribution is 2.37. The molecule has 0 unspecified atom stereocenters. The summed E-state index contributed by atoms with van der Waals surface area (Å²) in [5.74, 6) is -1.16. The van der Waals surface area contributed by atoms with Gasteiger partial charge >= 0.3 is 5.91 Å². The minimum absolute atomic E-state index is 0.0904. The van der Waals surface area contributed by atoms with E-state index >= 15 is 0 Å². The minimum atomic E-state index is -0.450. The Kier molecular flexibility index (Phi) is 5.89. The van der Waals surface area contributed by atoms with E-state index in [0.717, 1.165) is 11.1 Å². The van der Waals surface area contributed by atoms with Gasteiger partial charge in [0, 0.05) is 23.7 Å². The molecule has 0 saturated heterocycles. The fourth-order valence-corrected chi connectivity index (χ4v) is 4.06. The lowest BCUT2D eigenvalue weighted by Gasteiger charge is -2.17. The van der Waals surface area contributed by atoms with Crippen molar-refractivity contribution in [1.82, 2.24) is 14.7 Å². The fourth-order valence-electron chi connectivity index (χ4n) is 4.06. The fraction of sp³-hybridized carbons (Fsp3) is 0.308. The number of aromatic nitrogens is 3. The summed E-state index contributed by atoms with van der Waals surface area (Å²) in [6, 6.07) is 11.0. The topological polar surface area (TPSA) is 82.1 Å². The Balaban J connectivity index is 1.99. The van der Waals surface area contributed by atoms with Gasteiger partial charge < -0.3 is 5.11 Å². The van der Waals surface area contributed by atoms with Crippen LogP contribution < -0.4 is 9.67 Å². The summed E-state index contributed by atoms with van der Waals surface area (Å²) < 4.78 is 2.98. The Morgan fingerprint density at radius 3 is 2.33 bits per heavy atom. The summed E-state index contributed by atoms with van der Waals surface area (Å²) in [4.78, 5) is 28.4. The summed E-state index contributed by atoms with van der Waals surface area (Å²) in [7, 11) is 0. The van der Waals surface area contributed by atoms with Gasteiger partial charge in [-0.1, -0.05) is 39.0 Å². The highest BCUT2D eigenvalue weighted by molar-refractivity contribution is 6.44. The van der Waals surface area contributed by atoms with E-state index < -0.39 is 17.7 Å². The first-order chi connectivity index (χ1) is 15.7. The molecule has 7 nitrogen and oxygen atoms in total. The van der Waals surface area contributed by atoms with Crippen molar-refractivity contribution >= 4 is 23.1 Å². The van der Waals surface area contributed by atoms with Crippen LogP contribution in [0.25, 0.3) is 17.0 Å². The largest absolute Gasteiger partial charge is 0.858 e. The number of benzene rings is 1. The molecule has 0 spiro atoms. The van der Waals surface area contributed by atoms with Crippen molar-refractivity contribution in [3.63, 3.8) is 0 Å². The van der Waals surface area contributed by atoms with E-state index in [1.165, 1.54) is 9.58 Å². The Morgan fingerprint density at radius 2 is 1.73 bits per heavy atom. The monoisotopic (exact) mass is 444 g/mol. The lowest BCUT2D eigenvalue weighted by Crippen LogP contribution is -2.41. The van der Waals surface area contributed by atoms with Gasteiger partial charge in [0.05, 0.1) is 11.4 Å². The molecular weight excluding hydrogens is 416 g/mol. The van der Waals surface area contributed by atoms with Crippen molar-refractivity contribution in [2.75, 3.05) is 6.54 Å². The lowest BCUT2D eigenvalue weighted by molar-refractivity contribution is -0.577. The van der Waals surface area contributed by atoms with Crippen LogP contribution in [0.1, 0.15) is 43.2 Å². The number of hydrogen-bond acceptors (Lipinski definition) is 4. The van der Waals surface area contributed by atoms with Crippen LogP contribution in [0.2, 0.25) is 0 Å². The van der Waals surface area contributed by atoms with Gasteiger partial charge in [-0.15, -0.1) is 0 Å². The minimum Gasteiger partial charge on any atom is -0.858 e. The van der Waals surface area contributed by atoms with E-state index in [9.17, 15) is 14.7 Å². The number of para-hydroxylation sites is 1. The lowest BCUT2D eigenvalue weighted by atomic mass is 10.0. The third-order valence-corrected chi connectivity index (χ3v) is 5.89. The number of imide groups is 1. The third kappa shape index (κ3) is 3.84. The van der Waals surface area contributed by atoms with Crippen LogP contribution in [-0.2, 0) is 16.0 Å². The molecule has 3 heterocycles. The molecule has 1 aliphatic rings. The van der Waals surface area contributed by atoms with Gasteiger partial charge in [0.2, 0.25) is 0 Å². The van der Waals surface area contributed by atoms with Gasteiger partial charge in [-0.25, -0.2) is 4.68 Å². The molecule has 0 aliphatic carbocycles. The normalized spacial score (nSPS) is 14.2. The molecule has 0 fully saturated rings. The predicted molar refractivity (Wildman–Crippen MR) is 123 cm³/mol. The summed E-state index contributed by atoms with van der Waals surface area (Å²) in [6.45, 7) is 9.99. The first kappa shape index (κ1) is 22.5. The maximum atomic E-state index is 13.6. The molecule has 1 aromatic carbocycles. The molecule has 170 valence electrons. The summed E-state index contributed by atoms with van der Waals surface area (Å²) in [6.07, 6.45) is 4.04. The van der Waals surface area contributed by atoms with Crippen molar-refractivity contribution < 1.29 is 19.3 Å². The van der Waals surface area contributed by atoms with Crippen LogP contribution in [0.3, 0.4) is 0 Å². The predicted octanol–water partition coefficient (Wildman–Crippen LogP) is 2.81. The smallest absolute Gasteiger partial charge is 0.326 e. The number of nitrogens with zero attached hydrogens (tertiary/aromatic N) is 4. The molecule has 33 heavy (non-hydrogen) atoms. The number of hydrogen-bond donors (Lipinski definition) is 0. The van der Waals surface area contributed by atoms with Crippen LogP contribution >= 0.6 is 0 Å². The van der Waals surface area contributed by atoms with Crippen LogP contribution in [0.5, 0.6) is 5.88 Å². The second-order valence-corrected chi connectivity index (χ2v) is 8.78. The molecule has 3 aromatic rings. The van der Waals surface area contributed by atoms with E-state index in [-0.39, 0.29) is 29.3 Å². The average molecular weight is 445 g/mol.